The van der Waals surface area contributed by atoms with Crippen LogP contribution in [0.25, 0.3) is 0 Å². The fourth-order valence-electron chi connectivity index (χ4n) is 1.83. The fraction of sp³-hybridized carbons (Fsp3) is 0.143. The van der Waals surface area contributed by atoms with Crippen molar-refractivity contribution < 1.29 is 4.39 Å². The third kappa shape index (κ3) is 3.22. The third-order valence-electron chi connectivity index (χ3n) is 2.70. The van der Waals surface area contributed by atoms with Crippen LogP contribution in [0, 0.1) is 5.82 Å². The predicted molar refractivity (Wildman–Crippen MR) is 73.5 cm³/mol. The Bertz CT molecular complexity index is 557. The minimum atomic E-state index is -0.307. The van der Waals surface area contributed by atoms with Gasteiger partial charge in [-0.05, 0) is 47.9 Å². The fourth-order valence-corrected chi connectivity index (χ4v) is 2.26. The van der Waals surface area contributed by atoms with Gasteiger partial charge in [-0.1, -0.05) is 35.3 Å². The molecule has 0 amide bonds. The van der Waals surface area contributed by atoms with Crippen LogP contribution < -0.4 is 5.73 Å². The molecular formula is C14H12Cl2FN. The summed E-state index contributed by atoms with van der Waals surface area (Å²) in [7, 11) is 0. The summed E-state index contributed by atoms with van der Waals surface area (Å²) in [6.45, 7) is 0. The maximum atomic E-state index is 13.1. The predicted octanol–water partition coefficient (Wildman–Crippen LogP) is 4.38. The minimum Gasteiger partial charge on any atom is -0.324 e. The highest BCUT2D eigenvalue weighted by Gasteiger charge is 2.12. The highest BCUT2D eigenvalue weighted by Crippen LogP contribution is 2.27. The van der Waals surface area contributed by atoms with Crippen molar-refractivity contribution in [2.24, 2.45) is 5.73 Å². The second kappa shape index (κ2) is 5.70. The van der Waals surface area contributed by atoms with Crippen molar-refractivity contribution in [3.63, 3.8) is 0 Å². The van der Waals surface area contributed by atoms with E-state index in [1.165, 1.54) is 12.1 Å². The molecule has 2 aromatic carbocycles. The van der Waals surface area contributed by atoms with Crippen molar-refractivity contribution in [2.75, 3.05) is 0 Å². The molecule has 1 unspecified atom stereocenters. The first-order chi connectivity index (χ1) is 8.56. The van der Waals surface area contributed by atoms with Gasteiger partial charge in [-0.15, -0.1) is 0 Å². The van der Waals surface area contributed by atoms with Gasteiger partial charge in [0.1, 0.15) is 5.82 Å². The molecule has 4 heteroatoms. The van der Waals surface area contributed by atoms with E-state index in [0.29, 0.717) is 16.5 Å². The van der Waals surface area contributed by atoms with Crippen molar-refractivity contribution in [2.45, 2.75) is 12.5 Å². The molecule has 0 heterocycles. The van der Waals surface area contributed by atoms with Crippen LogP contribution in [0.5, 0.6) is 0 Å². The quantitative estimate of drug-likeness (QED) is 0.889. The second-order valence-electron chi connectivity index (χ2n) is 4.11. The van der Waals surface area contributed by atoms with Gasteiger partial charge in [0.2, 0.25) is 0 Å². The average molecular weight is 284 g/mol. The van der Waals surface area contributed by atoms with E-state index in [2.05, 4.69) is 0 Å². The van der Waals surface area contributed by atoms with Crippen LogP contribution in [0.2, 0.25) is 10.0 Å². The van der Waals surface area contributed by atoms with Gasteiger partial charge in [0.15, 0.2) is 0 Å². The largest absolute Gasteiger partial charge is 0.324 e. The summed E-state index contributed by atoms with van der Waals surface area (Å²) >= 11 is 12.0. The minimum absolute atomic E-state index is 0.267. The van der Waals surface area contributed by atoms with Crippen molar-refractivity contribution >= 4 is 23.2 Å². The number of benzene rings is 2. The van der Waals surface area contributed by atoms with E-state index in [-0.39, 0.29) is 11.9 Å². The molecule has 0 saturated carbocycles. The van der Waals surface area contributed by atoms with E-state index in [4.69, 9.17) is 28.9 Å². The number of nitrogens with two attached hydrogens (primary N) is 1. The summed E-state index contributed by atoms with van der Waals surface area (Å²) in [5.74, 6) is -0.267. The molecule has 0 spiro atoms. The van der Waals surface area contributed by atoms with E-state index >= 15 is 0 Å². The van der Waals surface area contributed by atoms with Crippen molar-refractivity contribution in [1.29, 1.82) is 0 Å². The summed E-state index contributed by atoms with van der Waals surface area (Å²) in [6, 6.07) is 11.2. The molecule has 0 aliphatic heterocycles. The highest BCUT2D eigenvalue weighted by molar-refractivity contribution is 6.33. The summed E-state index contributed by atoms with van der Waals surface area (Å²) in [5, 5.41) is 1.16. The maximum absolute atomic E-state index is 13.1. The average Bonchev–Trinajstić information content (AvgIpc) is 2.32. The summed E-state index contributed by atoms with van der Waals surface area (Å²) in [4.78, 5) is 0. The van der Waals surface area contributed by atoms with Crippen molar-refractivity contribution in [3.05, 3.63) is 69.5 Å². The molecule has 18 heavy (non-hydrogen) atoms. The number of halogens is 3. The van der Waals surface area contributed by atoms with Crippen LogP contribution >= 0.6 is 23.2 Å². The Hall–Kier alpha value is -1.09. The maximum Gasteiger partial charge on any atom is 0.123 e. The second-order valence-corrected chi connectivity index (χ2v) is 4.95. The molecular weight excluding hydrogens is 272 g/mol. The molecule has 1 atom stereocenters. The number of hydrogen-bond acceptors (Lipinski definition) is 1. The Morgan fingerprint density at radius 1 is 1.11 bits per heavy atom. The van der Waals surface area contributed by atoms with Gasteiger partial charge in [-0.3, -0.25) is 0 Å². The van der Waals surface area contributed by atoms with Crippen LogP contribution in [0.1, 0.15) is 17.2 Å². The normalized spacial score (nSPS) is 12.4. The zero-order valence-electron chi connectivity index (χ0n) is 9.54. The molecule has 2 rings (SSSR count). The van der Waals surface area contributed by atoms with Crippen LogP contribution in [0.4, 0.5) is 4.39 Å². The summed E-state index contributed by atoms with van der Waals surface area (Å²) in [5.41, 5.74) is 7.68. The monoisotopic (exact) mass is 283 g/mol. The Balaban J connectivity index is 2.21. The first kappa shape index (κ1) is 13.3. The molecule has 2 N–H and O–H groups in total. The van der Waals surface area contributed by atoms with E-state index in [1.54, 1.807) is 24.3 Å². The Labute approximate surface area is 115 Å². The lowest BCUT2D eigenvalue weighted by Crippen LogP contribution is -2.14. The van der Waals surface area contributed by atoms with Gasteiger partial charge in [-0.25, -0.2) is 4.39 Å². The van der Waals surface area contributed by atoms with Crippen LogP contribution in [0.3, 0.4) is 0 Å². The first-order valence-corrected chi connectivity index (χ1v) is 6.27. The van der Waals surface area contributed by atoms with Crippen LogP contribution in [0.15, 0.2) is 42.5 Å². The smallest absolute Gasteiger partial charge is 0.123 e. The molecule has 2 aromatic rings. The summed E-state index contributed by atoms with van der Waals surface area (Å²) < 4.78 is 13.1. The summed E-state index contributed by atoms with van der Waals surface area (Å²) in [6.07, 6.45) is 0.512. The van der Waals surface area contributed by atoms with Gasteiger partial charge in [0.05, 0.1) is 0 Å². The highest BCUT2D eigenvalue weighted by atomic mass is 35.5. The number of hydrogen-bond donors (Lipinski definition) is 1. The van der Waals surface area contributed by atoms with Gasteiger partial charge in [0.25, 0.3) is 0 Å². The van der Waals surface area contributed by atoms with Gasteiger partial charge in [0, 0.05) is 16.1 Å². The number of rotatable bonds is 3. The zero-order valence-corrected chi connectivity index (χ0v) is 11.0. The van der Waals surface area contributed by atoms with E-state index in [0.717, 1.165) is 11.1 Å². The molecule has 94 valence electrons. The van der Waals surface area contributed by atoms with Crippen molar-refractivity contribution in [1.82, 2.24) is 0 Å². The lowest BCUT2D eigenvalue weighted by atomic mass is 9.99. The molecule has 0 aliphatic rings. The Morgan fingerprint density at radius 2 is 1.89 bits per heavy atom. The molecule has 0 aromatic heterocycles. The van der Waals surface area contributed by atoms with Crippen molar-refractivity contribution in [3.8, 4) is 0 Å². The Kier molecular flexibility index (Phi) is 4.23. The van der Waals surface area contributed by atoms with Crippen LogP contribution in [-0.4, -0.2) is 0 Å². The van der Waals surface area contributed by atoms with E-state index in [9.17, 15) is 4.39 Å². The van der Waals surface area contributed by atoms with E-state index < -0.39 is 0 Å². The molecule has 0 bridgehead atoms. The van der Waals surface area contributed by atoms with Gasteiger partial charge >= 0.3 is 0 Å². The third-order valence-corrected chi connectivity index (χ3v) is 3.28. The zero-order chi connectivity index (χ0) is 13.1. The first-order valence-electron chi connectivity index (χ1n) is 5.51. The lowest BCUT2D eigenvalue weighted by Gasteiger charge is -2.14. The van der Waals surface area contributed by atoms with Gasteiger partial charge in [-0.2, -0.15) is 0 Å². The van der Waals surface area contributed by atoms with Gasteiger partial charge < -0.3 is 5.73 Å². The Morgan fingerprint density at radius 3 is 2.61 bits per heavy atom. The lowest BCUT2D eigenvalue weighted by molar-refractivity contribution is 0.622. The standard InChI is InChI=1S/C14H12Cl2FN/c15-10-4-5-13(16)12(8-10)14(18)7-9-2-1-3-11(17)6-9/h1-6,8,14H,7,18H2. The topological polar surface area (TPSA) is 26.0 Å². The molecule has 0 fully saturated rings. The molecule has 1 nitrogen and oxygen atoms in total. The van der Waals surface area contributed by atoms with Crippen LogP contribution in [-0.2, 0) is 6.42 Å². The van der Waals surface area contributed by atoms with E-state index in [1.807, 2.05) is 6.07 Å². The SMILES string of the molecule is NC(Cc1cccc(F)c1)c1cc(Cl)ccc1Cl. The molecule has 0 radical (unpaired) electrons. The molecule has 0 aliphatic carbocycles. The molecule has 0 saturated heterocycles.